The van der Waals surface area contributed by atoms with Crippen LogP contribution in [0.25, 0.3) is 0 Å². The van der Waals surface area contributed by atoms with E-state index in [1.165, 1.54) is 12.1 Å². The highest BCUT2D eigenvalue weighted by Gasteiger charge is 2.44. The van der Waals surface area contributed by atoms with Crippen molar-refractivity contribution in [2.75, 3.05) is 0 Å². The van der Waals surface area contributed by atoms with Crippen LogP contribution in [-0.2, 0) is 16.1 Å². The first-order chi connectivity index (χ1) is 9.70. The average Bonchev–Trinajstić information content (AvgIpc) is 2.34. The van der Waals surface area contributed by atoms with E-state index in [2.05, 4.69) is 5.32 Å². The van der Waals surface area contributed by atoms with Gasteiger partial charge in [-0.15, -0.1) is 0 Å². The van der Waals surface area contributed by atoms with E-state index in [-0.39, 0.29) is 24.2 Å². The van der Waals surface area contributed by atoms with E-state index in [9.17, 15) is 14.0 Å². The van der Waals surface area contributed by atoms with Crippen LogP contribution < -0.4 is 5.32 Å². The van der Waals surface area contributed by atoms with Gasteiger partial charge in [0.2, 0.25) is 11.8 Å². The van der Waals surface area contributed by atoms with E-state index in [0.29, 0.717) is 5.56 Å². The molecule has 4 nitrogen and oxygen atoms in total. The quantitative estimate of drug-likeness (QED) is 0.907. The van der Waals surface area contributed by atoms with Gasteiger partial charge in [0.05, 0.1) is 0 Å². The summed E-state index contributed by atoms with van der Waals surface area (Å²) in [5, 5.41) is 2.71. The zero-order chi connectivity index (χ0) is 15.8. The van der Waals surface area contributed by atoms with Crippen LogP contribution in [0.15, 0.2) is 24.3 Å². The molecule has 0 aromatic heterocycles. The number of rotatable bonds is 2. The molecular formula is C16H21FN2O2. The number of amides is 2. The Morgan fingerprint density at radius 3 is 2.52 bits per heavy atom. The molecule has 21 heavy (non-hydrogen) atoms. The van der Waals surface area contributed by atoms with Crippen molar-refractivity contribution in [2.45, 2.75) is 46.3 Å². The van der Waals surface area contributed by atoms with Crippen LogP contribution in [0.1, 0.15) is 33.3 Å². The zero-order valence-corrected chi connectivity index (χ0v) is 12.8. The van der Waals surface area contributed by atoms with Crippen LogP contribution >= 0.6 is 0 Å². The van der Waals surface area contributed by atoms with Crippen LogP contribution in [0.3, 0.4) is 0 Å². The normalized spacial score (nSPS) is 23.2. The first-order valence-corrected chi connectivity index (χ1v) is 7.05. The lowest BCUT2D eigenvalue weighted by Gasteiger charge is -2.44. The van der Waals surface area contributed by atoms with Gasteiger partial charge in [0.15, 0.2) is 0 Å². The molecule has 0 bridgehead atoms. The van der Waals surface area contributed by atoms with E-state index >= 15 is 0 Å². The second-order valence-electron chi connectivity index (χ2n) is 6.59. The van der Waals surface area contributed by atoms with Crippen molar-refractivity contribution in [3.05, 3.63) is 35.6 Å². The van der Waals surface area contributed by atoms with Crippen molar-refractivity contribution in [2.24, 2.45) is 5.41 Å². The fourth-order valence-electron chi connectivity index (χ4n) is 2.73. The Balaban J connectivity index is 2.34. The van der Waals surface area contributed by atoms with Gasteiger partial charge in [-0.05, 0) is 30.0 Å². The van der Waals surface area contributed by atoms with E-state index in [0.717, 1.165) is 0 Å². The molecule has 1 aromatic carbocycles. The molecule has 1 aliphatic rings. The standard InChI is InChI=1S/C16H21FN2O2/c1-10-15(21)19(9-11-6-5-7-12(17)8-11)13(14(20)18-10)16(2,3)4/h5-8,10,13H,9H2,1-4H3,(H,18,20). The summed E-state index contributed by atoms with van der Waals surface area (Å²) in [6.45, 7) is 7.64. The summed E-state index contributed by atoms with van der Waals surface area (Å²) < 4.78 is 13.3. The first-order valence-electron chi connectivity index (χ1n) is 7.05. The van der Waals surface area contributed by atoms with Gasteiger partial charge in [-0.25, -0.2) is 4.39 Å². The molecule has 1 saturated heterocycles. The number of benzene rings is 1. The van der Waals surface area contributed by atoms with E-state index in [1.54, 1.807) is 24.0 Å². The van der Waals surface area contributed by atoms with Gasteiger partial charge < -0.3 is 10.2 Å². The van der Waals surface area contributed by atoms with Gasteiger partial charge in [0.25, 0.3) is 0 Å². The molecule has 0 radical (unpaired) electrons. The minimum Gasteiger partial charge on any atom is -0.343 e. The molecule has 2 amide bonds. The summed E-state index contributed by atoms with van der Waals surface area (Å²) in [6, 6.07) is 5.00. The van der Waals surface area contributed by atoms with Crippen molar-refractivity contribution in [1.29, 1.82) is 0 Å². The number of piperazine rings is 1. The van der Waals surface area contributed by atoms with Crippen molar-refractivity contribution in [3.63, 3.8) is 0 Å². The molecular weight excluding hydrogens is 271 g/mol. The summed E-state index contributed by atoms with van der Waals surface area (Å²) in [7, 11) is 0. The Bertz CT molecular complexity index is 566. The number of carbonyl (C=O) groups excluding carboxylic acids is 2. The maximum absolute atomic E-state index is 13.3. The van der Waals surface area contributed by atoms with Crippen molar-refractivity contribution >= 4 is 11.8 Å². The fraction of sp³-hybridized carbons (Fsp3) is 0.500. The van der Waals surface area contributed by atoms with Gasteiger partial charge >= 0.3 is 0 Å². The first kappa shape index (κ1) is 15.5. The Hall–Kier alpha value is -1.91. The number of halogens is 1. The summed E-state index contributed by atoms with van der Waals surface area (Å²) in [6.07, 6.45) is 0. The fourth-order valence-corrected chi connectivity index (χ4v) is 2.73. The van der Waals surface area contributed by atoms with Gasteiger partial charge in [-0.3, -0.25) is 9.59 Å². The molecule has 2 unspecified atom stereocenters. The van der Waals surface area contributed by atoms with Crippen molar-refractivity contribution in [1.82, 2.24) is 10.2 Å². The summed E-state index contributed by atoms with van der Waals surface area (Å²) in [4.78, 5) is 26.3. The highest BCUT2D eigenvalue weighted by atomic mass is 19.1. The van der Waals surface area contributed by atoms with Crippen molar-refractivity contribution in [3.8, 4) is 0 Å². The number of nitrogens with zero attached hydrogens (tertiary/aromatic N) is 1. The third kappa shape index (κ3) is 3.23. The monoisotopic (exact) mass is 292 g/mol. The van der Waals surface area contributed by atoms with Crippen LogP contribution in [0.5, 0.6) is 0 Å². The molecule has 0 aliphatic carbocycles. The predicted molar refractivity (Wildman–Crippen MR) is 77.8 cm³/mol. The lowest BCUT2D eigenvalue weighted by molar-refractivity contribution is -0.154. The van der Waals surface area contributed by atoms with Gasteiger partial charge in [-0.1, -0.05) is 32.9 Å². The zero-order valence-electron chi connectivity index (χ0n) is 12.8. The summed E-state index contributed by atoms with van der Waals surface area (Å²) in [5.74, 6) is -0.647. The molecule has 2 rings (SSSR count). The summed E-state index contributed by atoms with van der Waals surface area (Å²) in [5.41, 5.74) is 0.284. The SMILES string of the molecule is CC1NC(=O)C(C(C)(C)C)N(Cc2cccc(F)c2)C1=O. The highest BCUT2D eigenvalue weighted by Crippen LogP contribution is 2.29. The molecule has 1 fully saturated rings. The molecule has 0 saturated carbocycles. The average molecular weight is 292 g/mol. The number of nitrogens with one attached hydrogen (secondary N) is 1. The largest absolute Gasteiger partial charge is 0.343 e. The third-order valence-electron chi connectivity index (χ3n) is 3.63. The molecule has 0 spiro atoms. The van der Waals surface area contributed by atoms with Crippen LogP contribution in [0, 0.1) is 11.2 Å². The second kappa shape index (κ2) is 5.47. The molecule has 1 N–H and O–H groups in total. The number of hydrogen-bond donors (Lipinski definition) is 1. The Morgan fingerprint density at radius 1 is 1.29 bits per heavy atom. The van der Waals surface area contributed by atoms with E-state index in [1.807, 2.05) is 20.8 Å². The Labute approximate surface area is 124 Å². The molecule has 5 heteroatoms. The van der Waals surface area contributed by atoms with Gasteiger partial charge in [-0.2, -0.15) is 0 Å². The molecule has 1 heterocycles. The molecule has 114 valence electrons. The lowest BCUT2D eigenvalue weighted by Crippen LogP contribution is -2.65. The van der Waals surface area contributed by atoms with Gasteiger partial charge in [0, 0.05) is 6.54 Å². The third-order valence-corrected chi connectivity index (χ3v) is 3.63. The second-order valence-corrected chi connectivity index (χ2v) is 6.59. The molecule has 2 atom stereocenters. The van der Waals surface area contributed by atoms with Crippen LogP contribution in [-0.4, -0.2) is 28.8 Å². The number of hydrogen-bond acceptors (Lipinski definition) is 2. The van der Waals surface area contributed by atoms with E-state index < -0.39 is 17.5 Å². The van der Waals surface area contributed by atoms with Crippen LogP contribution in [0.2, 0.25) is 0 Å². The topological polar surface area (TPSA) is 49.4 Å². The molecule has 1 aliphatic heterocycles. The minimum atomic E-state index is -0.565. The Morgan fingerprint density at radius 2 is 1.95 bits per heavy atom. The minimum absolute atomic E-state index is 0.140. The lowest BCUT2D eigenvalue weighted by atomic mass is 9.83. The van der Waals surface area contributed by atoms with Crippen molar-refractivity contribution < 1.29 is 14.0 Å². The van der Waals surface area contributed by atoms with Gasteiger partial charge in [0.1, 0.15) is 17.9 Å². The maximum atomic E-state index is 13.3. The predicted octanol–water partition coefficient (Wildman–Crippen LogP) is 2.09. The highest BCUT2D eigenvalue weighted by molar-refractivity contribution is 5.97. The summed E-state index contributed by atoms with van der Waals surface area (Å²) >= 11 is 0. The molecule has 1 aromatic rings. The number of carbonyl (C=O) groups is 2. The smallest absolute Gasteiger partial charge is 0.245 e. The van der Waals surface area contributed by atoms with E-state index in [4.69, 9.17) is 0 Å². The van der Waals surface area contributed by atoms with Crippen LogP contribution in [0.4, 0.5) is 4.39 Å². The maximum Gasteiger partial charge on any atom is 0.245 e. The Kier molecular flexibility index (Phi) is 4.03.